The molecule has 1 aliphatic heterocycles. The molecule has 0 bridgehead atoms. The summed E-state index contributed by atoms with van der Waals surface area (Å²) in [6.45, 7) is 2.68. The maximum absolute atomic E-state index is 14.3. The van der Waals surface area contributed by atoms with E-state index in [1.54, 1.807) is 25.1 Å². The molecular formula is C27H21BrClF3N2O6S. The van der Waals surface area contributed by atoms with E-state index in [4.69, 9.17) is 25.8 Å². The Morgan fingerprint density at radius 3 is 2.44 bits per heavy atom. The zero-order valence-corrected chi connectivity index (χ0v) is 24.6. The lowest BCUT2D eigenvalue weighted by Crippen LogP contribution is -2.41. The van der Waals surface area contributed by atoms with E-state index >= 15 is 0 Å². The number of ether oxygens (including phenoxy) is 3. The molecule has 2 heterocycles. The maximum atomic E-state index is 14.3. The third-order valence-corrected chi connectivity index (χ3v) is 7.42. The first-order valence-electron chi connectivity index (χ1n) is 12.1. The van der Waals surface area contributed by atoms with E-state index in [0.29, 0.717) is 26.4 Å². The molecule has 0 aliphatic carbocycles. The highest BCUT2D eigenvalue weighted by molar-refractivity contribution is 9.10. The molecule has 0 radical (unpaired) electrons. The zero-order valence-electron chi connectivity index (χ0n) is 21.5. The minimum Gasteiger partial charge on any atom is -0.481 e. The summed E-state index contributed by atoms with van der Waals surface area (Å²) in [5.41, 5.74) is -2.42. The highest BCUT2D eigenvalue weighted by Crippen LogP contribution is 2.38. The second kappa shape index (κ2) is 12.6. The second-order valence-electron chi connectivity index (χ2n) is 8.39. The maximum Gasteiger partial charge on any atom is 0.434 e. The van der Waals surface area contributed by atoms with Crippen LogP contribution in [0.5, 0.6) is 5.75 Å². The van der Waals surface area contributed by atoms with Gasteiger partial charge in [0.05, 0.1) is 29.4 Å². The molecular weight excluding hydrogens is 653 g/mol. The van der Waals surface area contributed by atoms with Crippen molar-refractivity contribution in [2.75, 3.05) is 19.8 Å². The van der Waals surface area contributed by atoms with Crippen molar-refractivity contribution in [1.29, 1.82) is 0 Å². The van der Waals surface area contributed by atoms with Gasteiger partial charge >= 0.3 is 18.1 Å². The molecule has 0 amide bonds. The first-order chi connectivity index (χ1) is 19.4. The van der Waals surface area contributed by atoms with E-state index in [1.165, 1.54) is 37.3 Å². The summed E-state index contributed by atoms with van der Waals surface area (Å²) >= 11 is 10.0. The number of esters is 2. The molecule has 2 aromatic carbocycles. The lowest BCUT2D eigenvalue weighted by Gasteiger charge is -2.26. The van der Waals surface area contributed by atoms with Crippen LogP contribution in [0, 0.1) is 0 Å². The van der Waals surface area contributed by atoms with Crippen molar-refractivity contribution in [1.82, 2.24) is 4.57 Å². The summed E-state index contributed by atoms with van der Waals surface area (Å²) in [6.07, 6.45) is -3.62. The molecule has 41 heavy (non-hydrogen) atoms. The number of benzene rings is 2. The summed E-state index contributed by atoms with van der Waals surface area (Å²) in [5, 5.41) is 0.309. The van der Waals surface area contributed by atoms with Crippen molar-refractivity contribution in [2.45, 2.75) is 26.1 Å². The average molecular weight is 674 g/mol. The number of allylic oxidation sites excluding steroid dienone is 1. The Kier molecular flexibility index (Phi) is 9.40. The number of nitrogens with zero attached hydrogens (tertiary/aromatic N) is 2. The Labute approximate surface area is 248 Å². The Bertz CT molecular complexity index is 1700. The van der Waals surface area contributed by atoms with Crippen LogP contribution in [0.15, 0.2) is 68.0 Å². The molecule has 0 spiro atoms. The summed E-state index contributed by atoms with van der Waals surface area (Å²) < 4.78 is 59.9. The van der Waals surface area contributed by atoms with Crippen LogP contribution in [0.3, 0.4) is 0 Å². The molecule has 0 saturated heterocycles. The zero-order chi connectivity index (χ0) is 29.9. The molecule has 8 nitrogen and oxygen atoms in total. The fourth-order valence-corrected chi connectivity index (χ4v) is 5.54. The molecule has 1 aliphatic rings. The van der Waals surface area contributed by atoms with Crippen LogP contribution in [-0.2, 0) is 19.1 Å². The topological polar surface area (TPSA) is 96.2 Å². The van der Waals surface area contributed by atoms with Gasteiger partial charge in [-0.05, 0) is 55.8 Å². The van der Waals surface area contributed by atoms with Crippen molar-refractivity contribution in [3.05, 3.63) is 94.0 Å². The summed E-state index contributed by atoms with van der Waals surface area (Å²) in [7, 11) is 0. The van der Waals surface area contributed by atoms with Crippen molar-refractivity contribution >= 4 is 56.9 Å². The lowest BCUT2D eigenvalue weighted by molar-refractivity contribution is -0.145. The first-order valence-corrected chi connectivity index (χ1v) is 14.1. The Morgan fingerprint density at radius 1 is 1.12 bits per heavy atom. The molecule has 1 atom stereocenters. The van der Waals surface area contributed by atoms with Gasteiger partial charge in [0, 0.05) is 15.1 Å². The summed E-state index contributed by atoms with van der Waals surface area (Å²) in [6, 6.07) is 9.07. The summed E-state index contributed by atoms with van der Waals surface area (Å²) in [5.74, 6) is -1.63. The Balaban J connectivity index is 1.95. The number of alkyl halides is 3. The van der Waals surface area contributed by atoms with Crippen LogP contribution in [0.1, 0.15) is 31.0 Å². The van der Waals surface area contributed by atoms with Gasteiger partial charge in [-0.15, -0.1) is 0 Å². The number of carbonyl (C=O) groups is 2. The molecule has 14 heteroatoms. The van der Waals surface area contributed by atoms with E-state index in [-0.39, 0.29) is 33.9 Å². The number of thiazole rings is 1. The normalized spacial score (nSPS) is 15.3. The van der Waals surface area contributed by atoms with Gasteiger partial charge in [-0.1, -0.05) is 51.0 Å². The number of hydrogen-bond donors (Lipinski definition) is 0. The SMILES string of the molecule is CCOC(=O)COc1ccc(Br)cc1/C=c1\sc2n(c1=O)[C@@H](c1ccc(Cl)cc1)C(C(=O)OCC)=C(C(F)(F)F)N=2. The van der Waals surface area contributed by atoms with Gasteiger partial charge < -0.3 is 14.2 Å². The molecule has 3 aromatic rings. The Morgan fingerprint density at radius 2 is 1.80 bits per heavy atom. The molecule has 0 N–H and O–H groups in total. The van der Waals surface area contributed by atoms with Crippen molar-refractivity contribution in [3.8, 4) is 5.75 Å². The number of halogens is 5. The predicted molar refractivity (Wildman–Crippen MR) is 149 cm³/mol. The van der Waals surface area contributed by atoms with Crippen LogP contribution < -0.4 is 19.6 Å². The van der Waals surface area contributed by atoms with E-state index in [0.717, 1.165) is 4.57 Å². The third kappa shape index (κ3) is 6.74. The first kappa shape index (κ1) is 30.5. The third-order valence-electron chi connectivity index (χ3n) is 5.69. The summed E-state index contributed by atoms with van der Waals surface area (Å²) in [4.78, 5) is 42.0. The predicted octanol–water partition coefficient (Wildman–Crippen LogP) is 4.70. The second-order valence-corrected chi connectivity index (χ2v) is 10.8. The number of hydrogen-bond acceptors (Lipinski definition) is 8. The number of carbonyl (C=O) groups excluding carboxylic acids is 2. The van der Waals surface area contributed by atoms with Crippen LogP contribution >= 0.6 is 38.9 Å². The van der Waals surface area contributed by atoms with Crippen molar-refractivity contribution in [2.24, 2.45) is 4.99 Å². The van der Waals surface area contributed by atoms with E-state index in [9.17, 15) is 27.6 Å². The molecule has 1 aromatic heterocycles. The van der Waals surface area contributed by atoms with E-state index in [1.807, 2.05) is 0 Å². The standard InChI is InChI=1S/C27H21BrClF3N2O6S/c1-3-38-20(35)13-40-18-10-7-16(28)11-15(18)12-19-24(36)34-22(14-5-8-17(29)9-6-14)21(25(37)39-4-2)23(27(30,31)32)33-26(34)41-19/h5-12,22H,3-4,13H2,1-2H3/b19-12-/t22-/m0/s1. The van der Waals surface area contributed by atoms with Gasteiger partial charge in [0.2, 0.25) is 0 Å². The van der Waals surface area contributed by atoms with Gasteiger partial charge in [0.1, 0.15) is 5.75 Å². The highest BCUT2D eigenvalue weighted by Gasteiger charge is 2.45. The fraction of sp³-hybridized carbons (Fsp3) is 0.259. The molecule has 0 saturated carbocycles. The average Bonchev–Trinajstić information content (AvgIpc) is 3.22. The van der Waals surface area contributed by atoms with Crippen LogP contribution in [-0.4, -0.2) is 42.5 Å². The van der Waals surface area contributed by atoms with Crippen LogP contribution in [0.2, 0.25) is 5.02 Å². The van der Waals surface area contributed by atoms with Gasteiger partial charge in [0.15, 0.2) is 17.1 Å². The van der Waals surface area contributed by atoms with Gasteiger partial charge in [-0.25, -0.2) is 14.6 Å². The van der Waals surface area contributed by atoms with Gasteiger partial charge in [0.25, 0.3) is 5.56 Å². The Hall–Kier alpha value is -3.42. The minimum absolute atomic E-state index is 0.00781. The fourth-order valence-electron chi connectivity index (χ4n) is 4.04. The number of rotatable bonds is 8. The van der Waals surface area contributed by atoms with Crippen molar-refractivity contribution in [3.63, 3.8) is 0 Å². The monoisotopic (exact) mass is 672 g/mol. The smallest absolute Gasteiger partial charge is 0.434 e. The van der Waals surface area contributed by atoms with Crippen LogP contribution in [0.25, 0.3) is 6.08 Å². The van der Waals surface area contributed by atoms with E-state index in [2.05, 4.69) is 20.9 Å². The lowest BCUT2D eigenvalue weighted by atomic mass is 9.95. The molecule has 0 unspecified atom stereocenters. The van der Waals surface area contributed by atoms with E-state index < -0.39 is 47.6 Å². The molecule has 0 fully saturated rings. The van der Waals surface area contributed by atoms with Crippen LogP contribution in [0.4, 0.5) is 13.2 Å². The largest absolute Gasteiger partial charge is 0.481 e. The highest BCUT2D eigenvalue weighted by atomic mass is 79.9. The van der Waals surface area contributed by atoms with Gasteiger partial charge in [-0.2, -0.15) is 13.2 Å². The van der Waals surface area contributed by atoms with Gasteiger partial charge in [-0.3, -0.25) is 9.36 Å². The number of aromatic nitrogens is 1. The molecule has 4 rings (SSSR count). The molecule has 216 valence electrons. The minimum atomic E-state index is -5.03. The quantitative estimate of drug-likeness (QED) is 0.322. The number of fused-ring (bicyclic) bond motifs is 1. The van der Waals surface area contributed by atoms with Crippen molar-refractivity contribution < 1.29 is 37.0 Å².